The number of carbonyl (C=O) groups is 1. The number of ether oxygens (including phenoxy) is 1. The first-order valence-corrected chi connectivity index (χ1v) is 6.72. The second kappa shape index (κ2) is 5.91. The number of hydrogen-bond acceptors (Lipinski definition) is 2. The molecule has 0 bridgehead atoms. The molecule has 0 radical (unpaired) electrons. The molecule has 2 rings (SSSR count). The zero-order valence-corrected chi connectivity index (χ0v) is 11.7. The lowest BCUT2D eigenvalue weighted by Gasteiger charge is -2.22. The van der Waals surface area contributed by atoms with Crippen molar-refractivity contribution in [3.63, 3.8) is 0 Å². The number of rotatable bonds is 3. The van der Waals surface area contributed by atoms with Crippen molar-refractivity contribution in [2.45, 2.75) is 32.6 Å². The van der Waals surface area contributed by atoms with Gasteiger partial charge in [0.25, 0.3) is 0 Å². The van der Waals surface area contributed by atoms with Crippen molar-refractivity contribution in [1.82, 2.24) is 0 Å². The van der Waals surface area contributed by atoms with Gasteiger partial charge in [-0.1, -0.05) is 18.2 Å². The number of amides is 1. The molecule has 1 aromatic rings. The zero-order chi connectivity index (χ0) is 13.8. The first-order valence-electron chi connectivity index (χ1n) is 6.72. The van der Waals surface area contributed by atoms with E-state index in [4.69, 9.17) is 4.74 Å². The average Bonchev–Trinajstić information content (AvgIpc) is 2.41. The Kier molecular flexibility index (Phi) is 4.25. The van der Waals surface area contributed by atoms with Crippen LogP contribution in [0.4, 0.5) is 5.69 Å². The van der Waals surface area contributed by atoms with Gasteiger partial charge in [0.2, 0.25) is 5.91 Å². The van der Waals surface area contributed by atoms with Crippen LogP contribution in [0.3, 0.4) is 0 Å². The Morgan fingerprint density at radius 1 is 1.37 bits per heavy atom. The van der Waals surface area contributed by atoms with E-state index in [0.29, 0.717) is 0 Å². The van der Waals surface area contributed by atoms with Gasteiger partial charge in [0.05, 0.1) is 7.11 Å². The molecule has 1 aromatic carbocycles. The van der Waals surface area contributed by atoms with Gasteiger partial charge in [0, 0.05) is 17.7 Å². The monoisotopic (exact) mass is 259 g/mol. The third-order valence-electron chi connectivity index (χ3n) is 3.74. The number of anilines is 1. The number of aryl methyl sites for hydroxylation is 1. The lowest BCUT2D eigenvalue weighted by atomic mass is 9.86. The summed E-state index contributed by atoms with van der Waals surface area (Å²) in [5.41, 5.74) is 3.13. The van der Waals surface area contributed by atoms with Gasteiger partial charge in [-0.2, -0.15) is 0 Å². The van der Waals surface area contributed by atoms with Crippen LogP contribution in [-0.2, 0) is 4.79 Å². The smallest absolute Gasteiger partial charge is 0.227 e. The quantitative estimate of drug-likeness (QED) is 0.841. The van der Waals surface area contributed by atoms with Gasteiger partial charge in [0.1, 0.15) is 5.75 Å². The predicted molar refractivity (Wildman–Crippen MR) is 77.5 cm³/mol. The molecule has 0 aliphatic heterocycles. The maximum absolute atomic E-state index is 12.2. The Labute approximate surface area is 114 Å². The minimum Gasteiger partial charge on any atom is -0.496 e. The molecule has 1 saturated carbocycles. The van der Waals surface area contributed by atoms with Crippen LogP contribution in [0.1, 0.15) is 31.2 Å². The molecule has 0 spiro atoms. The van der Waals surface area contributed by atoms with Gasteiger partial charge in [-0.05, 0) is 44.2 Å². The molecule has 1 aliphatic rings. The van der Waals surface area contributed by atoms with Crippen LogP contribution in [0.5, 0.6) is 5.75 Å². The van der Waals surface area contributed by atoms with Crippen molar-refractivity contribution in [3.8, 4) is 5.75 Å². The topological polar surface area (TPSA) is 38.3 Å². The highest BCUT2D eigenvalue weighted by molar-refractivity contribution is 5.92. The van der Waals surface area contributed by atoms with E-state index in [1.165, 1.54) is 5.57 Å². The number of methoxy groups -OCH3 is 1. The van der Waals surface area contributed by atoms with E-state index >= 15 is 0 Å². The van der Waals surface area contributed by atoms with E-state index in [1.807, 2.05) is 25.1 Å². The molecule has 0 atom stereocenters. The lowest BCUT2D eigenvalue weighted by molar-refractivity contribution is -0.120. The summed E-state index contributed by atoms with van der Waals surface area (Å²) in [5, 5.41) is 2.98. The van der Waals surface area contributed by atoms with Crippen molar-refractivity contribution in [2.24, 2.45) is 5.92 Å². The fourth-order valence-electron chi connectivity index (χ4n) is 2.43. The predicted octanol–water partition coefficient (Wildman–Crippen LogP) is 3.69. The van der Waals surface area contributed by atoms with Crippen LogP contribution < -0.4 is 10.1 Å². The SMILES string of the molecule is C=C1CCC(C(=O)Nc2ccc(C)c(OC)c2)CC1. The molecular weight excluding hydrogens is 238 g/mol. The summed E-state index contributed by atoms with van der Waals surface area (Å²) in [7, 11) is 1.64. The van der Waals surface area contributed by atoms with E-state index in [-0.39, 0.29) is 11.8 Å². The molecule has 1 aliphatic carbocycles. The van der Waals surface area contributed by atoms with Crippen molar-refractivity contribution in [3.05, 3.63) is 35.9 Å². The van der Waals surface area contributed by atoms with Gasteiger partial charge >= 0.3 is 0 Å². The average molecular weight is 259 g/mol. The summed E-state index contributed by atoms with van der Waals surface area (Å²) in [6, 6.07) is 5.74. The minimum absolute atomic E-state index is 0.109. The van der Waals surface area contributed by atoms with E-state index in [1.54, 1.807) is 7.11 Å². The van der Waals surface area contributed by atoms with Crippen LogP contribution in [0, 0.1) is 12.8 Å². The standard InChI is InChI=1S/C16H21NO2/c1-11-4-7-13(8-5-11)16(18)17-14-9-6-12(2)15(10-14)19-3/h6,9-10,13H,1,4-5,7-8H2,2-3H3,(H,17,18). The Bertz CT molecular complexity index is 484. The highest BCUT2D eigenvalue weighted by atomic mass is 16.5. The third kappa shape index (κ3) is 3.37. The highest BCUT2D eigenvalue weighted by Gasteiger charge is 2.22. The van der Waals surface area contributed by atoms with Crippen LogP contribution in [0.15, 0.2) is 30.4 Å². The fraction of sp³-hybridized carbons (Fsp3) is 0.438. The number of nitrogens with one attached hydrogen (secondary N) is 1. The number of allylic oxidation sites excluding steroid dienone is 1. The molecule has 19 heavy (non-hydrogen) atoms. The van der Waals surface area contributed by atoms with Crippen LogP contribution in [0.2, 0.25) is 0 Å². The van der Waals surface area contributed by atoms with Crippen LogP contribution in [0.25, 0.3) is 0 Å². The molecule has 0 aromatic heterocycles. The van der Waals surface area contributed by atoms with E-state index in [2.05, 4.69) is 11.9 Å². The van der Waals surface area contributed by atoms with E-state index in [0.717, 1.165) is 42.7 Å². The Morgan fingerprint density at radius 2 is 2.05 bits per heavy atom. The summed E-state index contributed by atoms with van der Waals surface area (Å²) >= 11 is 0. The molecule has 102 valence electrons. The van der Waals surface area contributed by atoms with Gasteiger partial charge in [-0.25, -0.2) is 0 Å². The molecule has 1 N–H and O–H groups in total. The highest BCUT2D eigenvalue weighted by Crippen LogP contribution is 2.29. The van der Waals surface area contributed by atoms with E-state index in [9.17, 15) is 4.79 Å². The van der Waals surface area contributed by atoms with Gasteiger partial charge in [-0.3, -0.25) is 4.79 Å². The molecule has 3 nitrogen and oxygen atoms in total. The molecule has 1 fully saturated rings. The number of benzene rings is 1. The van der Waals surface area contributed by atoms with Crippen molar-refractivity contribution < 1.29 is 9.53 Å². The Balaban J connectivity index is 2.00. The van der Waals surface area contributed by atoms with E-state index < -0.39 is 0 Å². The molecule has 0 unspecified atom stereocenters. The number of hydrogen-bond donors (Lipinski definition) is 1. The summed E-state index contributed by atoms with van der Waals surface area (Å²) in [4.78, 5) is 12.2. The van der Waals surface area contributed by atoms with Crippen molar-refractivity contribution in [2.75, 3.05) is 12.4 Å². The molecule has 0 saturated heterocycles. The number of carbonyl (C=O) groups excluding carboxylic acids is 1. The van der Waals surface area contributed by atoms with Crippen LogP contribution in [-0.4, -0.2) is 13.0 Å². The molecule has 1 amide bonds. The van der Waals surface area contributed by atoms with Gasteiger partial charge in [-0.15, -0.1) is 0 Å². The Morgan fingerprint density at radius 3 is 2.68 bits per heavy atom. The Hall–Kier alpha value is -1.77. The zero-order valence-electron chi connectivity index (χ0n) is 11.7. The second-order valence-electron chi connectivity index (χ2n) is 5.20. The molecule has 3 heteroatoms. The van der Waals surface area contributed by atoms with Gasteiger partial charge < -0.3 is 10.1 Å². The normalized spacial score (nSPS) is 16.2. The summed E-state index contributed by atoms with van der Waals surface area (Å²) in [5.74, 6) is 1.02. The van der Waals surface area contributed by atoms with Crippen molar-refractivity contribution >= 4 is 11.6 Å². The largest absolute Gasteiger partial charge is 0.496 e. The summed E-state index contributed by atoms with van der Waals surface area (Å²) in [6.45, 7) is 5.96. The second-order valence-corrected chi connectivity index (χ2v) is 5.20. The maximum Gasteiger partial charge on any atom is 0.227 e. The molecule has 0 heterocycles. The maximum atomic E-state index is 12.2. The van der Waals surface area contributed by atoms with Gasteiger partial charge in [0.15, 0.2) is 0 Å². The molecular formula is C16H21NO2. The summed E-state index contributed by atoms with van der Waals surface area (Å²) in [6.07, 6.45) is 3.76. The van der Waals surface area contributed by atoms with Crippen molar-refractivity contribution in [1.29, 1.82) is 0 Å². The first kappa shape index (κ1) is 13.7. The minimum atomic E-state index is 0.109. The lowest BCUT2D eigenvalue weighted by Crippen LogP contribution is -2.25. The first-order chi connectivity index (χ1) is 9.10. The van der Waals surface area contributed by atoms with Crippen LogP contribution >= 0.6 is 0 Å². The fourth-order valence-corrected chi connectivity index (χ4v) is 2.43. The summed E-state index contributed by atoms with van der Waals surface area (Å²) < 4.78 is 5.26. The third-order valence-corrected chi connectivity index (χ3v) is 3.74.